The average molecular weight is 133 g/mol. The van der Waals surface area contributed by atoms with Gasteiger partial charge in [0, 0.05) is 20.8 Å². The minimum absolute atomic E-state index is 1.57. The van der Waals surface area contributed by atoms with Gasteiger partial charge in [-0.25, -0.2) is 0 Å². The van der Waals surface area contributed by atoms with Crippen molar-refractivity contribution in [2.45, 2.75) is 6.55 Å². The summed E-state index contributed by atoms with van der Waals surface area (Å²) in [5.74, 6) is 0. The lowest BCUT2D eigenvalue weighted by Gasteiger charge is -2.14. The molecule has 0 bridgehead atoms. The lowest BCUT2D eigenvalue weighted by atomic mass is 11.8. The third kappa shape index (κ3) is 1.73. The second-order valence-electron chi connectivity index (χ2n) is 1.46. The van der Waals surface area contributed by atoms with Crippen LogP contribution in [0.3, 0.4) is 0 Å². The molecule has 0 N–H and O–H groups in total. The van der Waals surface area contributed by atoms with Gasteiger partial charge in [-0.1, -0.05) is 0 Å². The van der Waals surface area contributed by atoms with E-state index in [9.17, 15) is 0 Å². The molecule has 0 aromatic carbocycles. The molecule has 0 saturated heterocycles. The summed E-state index contributed by atoms with van der Waals surface area (Å²) in [6, 6.07) is 0. The zero-order valence-corrected chi connectivity index (χ0v) is 6.47. The Morgan fingerprint density at radius 3 is 1.75 bits per heavy atom. The zero-order valence-electron chi connectivity index (χ0n) is 5.47. The van der Waals surface area contributed by atoms with Crippen LogP contribution in [0.1, 0.15) is 0 Å². The molecule has 0 aliphatic heterocycles. The van der Waals surface area contributed by atoms with Crippen molar-refractivity contribution in [3.8, 4) is 0 Å². The van der Waals surface area contributed by atoms with Crippen molar-refractivity contribution >= 4 is 15.4 Å². The van der Waals surface area contributed by atoms with Crippen LogP contribution in [0.5, 0.6) is 0 Å². The summed E-state index contributed by atoms with van der Waals surface area (Å²) < 4.78 is 13.5. The van der Waals surface area contributed by atoms with Crippen molar-refractivity contribution in [1.29, 1.82) is 0 Å². The molecule has 0 unspecified atom stereocenters. The first kappa shape index (κ1) is 7.81. The molecule has 0 rings (SSSR count). The number of nitrogens with zero attached hydrogens (tertiary/aromatic N) is 1. The van der Waals surface area contributed by atoms with Gasteiger partial charge in [-0.3, -0.25) is 4.66 Å². The van der Waals surface area contributed by atoms with Gasteiger partial charge in [0.1, 0.15) is 0 Å². The van der Waals surface area contributed by atoms with E-state index in [-0.39, 0.29) is 0 Å². The molecular weight excluding hydrogens is 122 g/mol. The summed E-state index contributed by atoms with van der Waals surface area (Å²) in [5, 5.41) is 0. The van der Waals surface area contributed by atoms with Gasteiger partial charge in [0.2, 0.25) is 0 Å². The molecule has 0 saturated carbocycles. The van der Waals surface area contributed by atoms with E-state index in [1.54, 1.807) is 14.2 Å². The highest BCUT2D eigenvalue weighted by molar-refractivity contribution is 6.64. The van der Waals surface area contributed by atoms with Gasteiger partial charge in [-0.05, 0) is 6.72 Å². The highest BCUT2D eigenvalue weighted by Gasteiger charge is 2.26. The van der Waals surface area contributed by atoms with Gasteiger partial charge in [-0.2, -0.15) is 0 Å². The number of hydrogen-bond acceptors (Lipinski definition) is 3. The van der Waals surface area contributed by atoms with Gasteiger partial charge >= 0.3 is 8.72 Å². The molecule has 0 fully saturated rings. The van der Waals surface area contributed by atoms with E-state index in [2.05, 4.69) is 11.4 Å². The van der Waals surface area contributed by atoms with Crippen LogP contribution in [0, 0.1) is 0 Å². The van der Waals surface area contributed by atoms with E-state index in [0.29, 0.717) is 0 Å². The Hall–Kier alpha value is -0.193. The molecule has 0 spiro atoms. The second-order valence-corrected chi connectivity index (χ2v) is 4.39. The molecular formula is C4H11NO2Si. The molecule has 0 atom stereocenters. The first-order valence-electron chi connectivity index (χ1n) is 2.26. The maximum Gasteiger partial charge on any atom is 0.473 e. The average Bonchev–Trinajstić information content (AvgIpc) is 1.87. The first-order chi connectivity index (χ1) is 3.68. The van der Waals surface area contributed by atoms with E-state index in [1.807, 2.05) is 6.55 Å². The molecule has 4 heteroatoms. The van der Waals surface area contributed by atoms with E-state index in [0.717, 1.165) is 0 Å². The van der Waals surface area contributed by atoms with Crippen LogP contribution in [0.2, 0.25) is 6.55 Å². The van der Waals surface area contributed by atoms with Gasteiger partial charge < -0.3 is 8.85 Å². The maximum absolute atomic E-state index is 4.92. The van der Waals surface area contributed by atoms with Crippen LogP contribution in [-0.4, -0.2) is 29.7 Å². The van der Waals surface area contributed by atoms with Crippen molar-refractivity contribution in [3.05, 3.63) is 0 Å². The predicted molar refractivity (Wildman–Crippen MR) is 35.2 cm³/mol. The molecule has 0 aromatic rings. The molecule has 0 amide bonds. The fraction of sp³-hybridized carbons (Fsp3) is 0.750. The van der Waals surface area contributed by atoms with Gasteiger partial charge in [0.25, 0.3) is 0 Å². The SMILES string of the molecule is C=N[Si](C)(OC)OC. The third-order valence-electron chi connectivity index (χ3n) is 1.04. The van der Waals surface area contributed by atoms with Crippen molar-refractivity contribution in [2.75, 3.05) is 14.2 Å². The maximum atomic E-state index is 4.92. The molecule has 0 aliphatic rings. The van der Waals surface area contributed by atoms with Crippen molar-refractivity contribution in [2.24, 2.45) is 4.66 Å². The molecule has 8 heavy (non-hydrogen) atoms. The smallest absolute Gasteiger partial charge is 0.381 e. The summed E-state index contributed by atoms with van der Waals surface area (Å²) in [5.41, 5.74) is 0. The third-order valence-corrected chi connectivity index (χ3v) is 3.13. The quantitative estimate of drug-likeness (QED) is 0.416. The standard InChI is InChI=1S/C4H11NO2Si/c1-5-8(4,6-2)7-3/h1H2,2-4H3. The second kappa shape index (κ2) is 2.96. The summed E-state index contributed by atoms with van der Waals surface area (Å²) in [4.78, 5) is 0. The normalized spacial score (nSPS) is 11.4. The largest absolute Gasteiger partial charge is 0.473 e. The van der Waals surface area contributed by atoms with Crippen LogP contribution >= 0.6 is 0 Å². The van der Waals surface area contributed by atoms with Gasteiger partial charge in [0.05, 0.1) is 0 Å². The summed E-state index contributed by atoms with van der Waals surface area (Å²) in [6.45, 7) is 5.16. The minimum atomic E-state index is -2.16. The summed E-state index contributed by atoms with van der Waals surface area (Å²) >= 11 is 0. The summed E-state index contributed by atoms with van der Waals surface area (Å²) in [6.07, 6.45) is 0. The van der Waals surface area contributed by atoms with Crippen LogP contribution in [0.25, 0.3) is 0 Å². The van der Waals surface area contributed by atoms with Gasteiger partial charge in [-0.15, -0.1) is 0 Å². The monoisotopic (exact) mass is 133 g/mol. The Morgan fingerprint density at radius 2 is 1.75 bits per heavy atom. The lowest BCUT2D eigenvalue weighted by molar-refractivity contribution is 0.252. The molecule has 0 aromatic heterocycles. The minimum Gasteiger partial charge on any atom is -0.381 e. The number of rotatable bonds is 3. The molecule has 0 radical (unpaired) electrons. The van der Waals surface area contributed by atoms with Crippen LogP contribution in [0.4, 0.5) is 0 Å². The highest BCUT2D eigenvalue weighted by Crippen LogP contribution is 2.02. The van der Waals surface area contributed by atoms with Crippen molar-refractivity contribution in [3.63, 3.8) is 0 Å². The van der Waals surface area contributed by atoms with Crippen LogP contribution in [-0.2, 0) is 8.85 Å². The van der Waals surface area contributed by atoms with E-state index >= 15 is 0 Å². The molecule has 0 heterocycles. The van der Waals surface area contributed by atoms with E-state index in [1.165, 1.54) is 0 Å². The van der Waals surface area contributed by atoms with Crippen molar-refractivity contribution < 1.29 is 8.85 Å². The Balaban J connectivity index is 3.76. The lowest BCUT2D eigenvalue weighted by Crippen LogP contribution is -2.33. The van der Waals surface area contributed by atoms with Gasteiger partial charge in [0.15, 0.2) is 0 Å². The molecule has 3 nitrogen and oxygen atoms in total. The molecule has 0 aliphatic carbocycles. The first-order valence-corrected chi connectivity index (χ1v) is 4.53. The predicted octanol–water partition coefficient (Wildman–Crippen LogP) is 0.548. The Kier molecular flexibility index (Phi) is 2.89. The van der Waals surface area contributed by atoms with Crippen molar-refractivity contribution in [1.82, 2.24) is 0 Å². The number of hydrogen-bond donors (Lipinski definition) is 0. The van der Waals surface area contributed by atoms with Crippen LogP contribution < -0.4 is 0 Å². The fourth-order valence-electron chi connectivity index (χ4n) is 0.212. The zero-order chi connectivity index (χ0) is 6.62. The van der Waals surface area contributed by atoms with E-state index in [4.69, 9.17) is 8.85 Å². The highest BCUT2D eigenvalue weighted by atomic mass is 28.4. The Bertz CT molecular complexity index is 82.1. The fourth-order valence-corrected chi connectivity index (χ4v) is 0.637. The Morgan fingerprint density at radius 1 is 1.38 bits per heavy atom. The topological polar surface area (TPSA) is 30.8 Å². The molecule has 48 valence electrons. The van der Waals surface area contributed by atoms with Crippen LogP contribution in [0.15, 0.2) is 4.66 Å². The Labute approximate surface area is 50.7 Å². The summed E-state index contributed by atoms with van der Waals surface area (Å²) in [7, 11) is 0.990. The van der Waals surface area contributed by atoms with E-state index < -0.39 is 8.72 Å².